The second-order valence-electron chi connectivity index (χ2n) is 6.22. The van der Waals surface area contributed by atoms with E-state index in [9.17, 15) is 9.90 Å². The van der Waals surface area contributed by atoms with Crippen molar-refractivity contribution in [1.82, 2.24) is 19.4 Å². The summed E-state index contributed by atoms with van der Waals surface area (Å²) in [6, 6.07) is 3.46. The minimum absolute atomic E-state index is 0.0626. The second kappa shape index (κ2) is 7.62. The van der Waals surface area contributed by atoms with Gasteiger partial charge in [0.05, 0.1) is 18.4 Å². The van der Waals surface area contributed by atoms with Gasteiger partial charge in [0, 0.05) is 51.3 Å². The predicted octanol–water partition coefficient (Wildman–Crippen LogP) is 0.502. The van der Waals surface area contributed by atoms with Gasteiger partial charge in [-0.05, 0) is 19.1 Å². The molecular formula is C17H23N5O3. The molecule has 1 aliphatic heterocycles. The van der Waals surface area contributed by atoms with E-state index in [1.54, 1.807) is 31.6 Å². The fraction of sp³-hybridized carbons (Fsp3) is 0.471. The summed E-state index contributed by atoms with van der Waals surface area (Å²) in [6.45, 7) is 5.03. The fourth-order valence-electron chi connectivity index (χ4n) is 2.81. The van der Waals surface area contributed by atoms with Gasteiger partial charge in [0.25, 0.3) is 5.56 Å². The quantitative estimate of drug-likeness (QED) is 0.815. The third-order valence-electron chi connectivity index (χ3n) is 4.20. The molecular weight excluding hydrogens is 322 g/mol. The summed E-state index contributed by atoms with van der Waals surface area (Å²) in [5.74, 6) is 0.535. The van der Waals surface area contributed by atoms with Crippen molar-refractivity contribution < 1.29 is 9.84 Å². The highest BCUT2D eigenvalue weighted by atomic mass is 16.5. The molecule has 2 aromatic rings. The van der Waals surface area contributed by atoms with Crippen LogP contribution in [-0.4, -0.2) is 56.9 Å². The van der Waals surface area contributed by atoms with Crippen LogP contribution in [0.1, 0.15) is 11.4 Å². The molecule has 3 rings (SSSR count). The summed E-state index contributed by atoms with van der Waals surface area (Å²) in [5.41, 5.74) is 1.39. The maximum atomic E-state index is 12.0. The lowest BCUT2D eigenvalue weighted by Crippen LogP contribution is -2.45. The van der Waals surface area contributed by atoms with Crippen LogP contribution in [0.15, 0.2) is 29.3 Å². The minimum atomic E-state index is -0.163. The zero-order chi connectivity index (χ0) is 17.8. The molecule has 2 aromatic heterocycles. The highest BCUT2D eigenvalue weighted by molar-refractivity contribution is 5.31. The minimum Gasteiger partial charge on any atom is -0.506 e. The highest BCUT2D eigenvalue weighted by Crippen LogP contribution is 2.18. The maximum Gasteiger partial charge on any atom is 0.293 e. The van der Waals surface area contributed by atoms with Crippen molar-refractivity contribution in [3.8, 4) is 5.75 Å². The van der Waals surface area contributed by atoms with Crippen molar-refractivity contribution >= 4 is 5.82 Å². The number of aromatic hydroxyl groups is 1. The molecule has 3 heterocycles. The maximum absolute atomic E-state index is 12.0. The first-order valence-electron chi connectivity index (χ1n) is 8.28. The normalized spacial score (nSPS) is 18.2. The van der Waals surface area contributed by atoms with E-state index < -0.39 is 0 Å². The van der Waals surface area contributed by atoms with E-state index in [0.717, 1.165) is 12.2 Å². The van der Waals surface area contributed by atoms with Crippen LogP contribution in [0.5, 0.6) is 5.75 Å². The van der Waals surface area contributed by atoms with Crippen molar-refractivity contribution in [2.45, 2.75) is 19.6 Å². The van der Waals surface area contributed by atoms with E-state index in [0.29, 0.717) is 37.8 Å². The number of ether oxygens (including phenoxy) is 1. The Morgan fingerprint density at radius 3 is 3.12 bits per heavy atom. The molecule has 0 unspecified atom stereocenters. The summed E-state index contributed by atoms with van der Waals surface area (Å²) in [7, 11) is 1.69. The number of hydrogen-bond donors (Lipinski definition) is 2. The molecule has 0 aliphatic carbocycles. The molecule has 1 saturated heterocycles. The van der Waals surface area contributed by atoms with E-state index in [1.807, 2.05) is 6.92 Å². The lowest BCUT2D eigenvalue weighted by atomic mass is 10.2. The smallest absolute Gasteiger partial charge is 0.293 e. The monoisotopic (exact) mass is 345 g/mol. The molecule has 8 heteroatoms. The Morgan fingerprint density at radius 1 is 1.44 bits per heavy atom. The van der Waals surface area contributed by atoms with Crippen LogP contribution < -0.4 is 10.9 Å². The Labute approximate surface area is 146 Å². The van der Waals surface area contributed by atoms with Crippen LogP contribution >= 0.6 is 0 Å². The number of anilines is 1. The van der Waals surface area contributed by atoms with Crippen molar-refractivity contribution in [3.63, 3.8) is 0 Å². The number of rotatable bonds is 5. The Balaban J connectivity index is 1.58. The summed E-state index contributed by atoms with van der Waals surface area (Å²) < 4.78 is 7.25. The van der Waals surface area contributed by atoms with Crippen molar-refractivity contribution in [1.29, 1.82) is 0 Å². The first kappa shape index (κ1) is 17.4. The molecule has 134 valence electrons. The third kappa shape index (κ3) is 4.34. The van der Waals surface area contributed by atoms with Gasteiger partial charge in [0.15, 0.2) is 5.82 Å². The molecule has 1 fully saturated rings. The number of aryl methyl sites for hydroxylation is 2. The molecule has 1 atom stereocenters. The van der Waals surface area contributed by atoms with Gasteiger partial charge in [0.1, 0.15) is 5.75 Å². The molecule has 0 radical (unpaired) electrons. The van der Waals surface area contributed by atoms with Gasteiger partial charge in [-0.25, -0.2) is 4.98 Å². The average Bonchev–Trinajstić information content (AvgIpc) is 2.60. The van der Waals surface area contributed by atoms with E-state index in [4.69, 9.17) is 4.74 Å². The number of nitrogens with one attached hydrogen (secondary N) is 1. The van der Waals surface area contributed by atoms with Crippen LogP contribution in [0, 0.1) is 6.92 Å². The Kier molecular flexibility index (Phi) is 5.30. The van der Waals surface area contributed by atoms with Crippen LogP contribution in [0.4, 0.5) is 5.82 Å². The number of nitrogens with zero attached hydrogens (tertiary/aromatic N) is 4. The lowest BCUT2D eigenvalue weighted by Gasteiger charge is -2.32. The fourth-order valence-corrected chi connectivity index (χ4v) is 2.81. The second-order valence-corrected chi connectivity index (χ2v) is 6.22. The molecule has 0 aromatic carbocycles. The first-order chi connectivity index (χ1) is 12.0. The predicted molar refractivity (Wildman–Crippen MR) is 93.6 cm³/mol. The molecule has 25 heavy (non-hydrogen) atoms. The van der Waals surface area contributed by atoms with Crippen LogP contribution in [0.3, 0.4) is 0 Å². The van der Waals surface area contributed by atoms with Crippen LogP contribution in [-0.2, 0) is 18.3 Å². The number of morpholine rings is 1. The average molecular weight is 345 g/mol. The molecule has 0 spiro atoms. The van der Waals surface area contributed by atoms with Gasteiger partial charge in [-0.15, -0.1) is 0 Å². The van der Waals surface area contributed by atoms with E-state index in [2.05, 4.69) is 20.2 Å². The Bertz CT molecular complexity index is 792. The number of hydrogen-bond acceptors (Lipinski definition) is 7. The SMILES string of the molecule is Cc1ccc(O)c(CN2CCO[C@@H](CNc3nccn(C)c3=O)C2)n1. The van der Waals surface area contributed by atoms with Gasteiger partial charge in [0.2, 0.25) is 0 Å². The van der Waals surface area contributed by atoms with Gasteiger partial charge in [-0.3, -0.25) is 14.7 Å². The molecule has 0 amide bonds. The molecule has 8 nitrogen and oxygen atoms in total. The largest absolute Gasteiger partial charge is 0.506 e. The Hall–Kier alpha value is -2.45. The van der Waals surface area contributed by atoms with Crippen LogP contribution in [0.25, 0.3) is 0 Å². The van der Waals surface area contributed by atoms with E-state index in [-0.39, 0.29) is 17.4 Å². The standard InChI is InChI=1S/C17H23N5O3/c1-12-3-4-15(23)14(20-12)11-22-7-8-25-13(10-22)9-19-16-17(24)21(2)6-5-18-16/h3-6,13,23H,7-11H2,1-2H3,(H,18,19)/t13-/m0/s1. The van der Waals surface area contributed by atoms with Crippen molar-refractivity contribution in [3.05, 3.63) is 46.3 Å². The number of aromatic nitrogens is 3. The van der Waals surface area contributed by atoms with E-state index in [1.165, 1.54) is 4.57 Å². The summed E-state index contributed by atoms with van der Waals surface area (Å²) in [5, 5.41) is 13.0. The first-order valence-corrected chi connectivity index (χ1v) is 8.28. The summed E-state index contributed by atoms with van der Waals surface area (Å²) in [6.07, 6.45) is 3.14. The zero-order valence-corrected chi connectivity index (χ0v) is 14.5. The lowest BCUT2D eigenvalue weighted by molar-refractivity contribution is -0.0246. The molecule has 2 N–H and O–H groups in total. The highest BCUT2D eigenvalue weighted by Gasteiger charge is 2.22. The molecule has 0 saturated carbocycles. The molecule has 1 aliphatic rings. The Morgan fingerprint density at radius 2 is 2.28 bits per heavy atom. The van der Waals surface area contributed by atoms with Gasteiger partial charge < -0.3 is 19.7 Å². The number of pyridine rings is 1. The summed E-state index contributed by atoms with van der Waals surface area (Å²) in [4.78, 5) is 22.6. The van der Waals surface area contributed by atoms with E-state index >= 15 is 0 Å². The van der Waals surface area contributed by atoms with Gasteiger partial charge >= 0.3 is 0 Å². The third-order valence-corrected chi connectivity index (χ3v) is 4.20. The molecule has 0 bridgehead atoms. The van der Waals surface area contributed by atoms with Gasteiger partial charge in [-0.2, -0.15) is 0 Å². The van der Waals surface area contributed by atoms with Crippen molar-refractivity contribution in [2.75, 3.05) is 31.6 Å². The topological polar surface area (TPSA) is 92.5 Å². The van der Waals surface area contributed by atoms with Gasteiger partial charge in [-0.1, -0.05) is 0 Å². The van der Waals surface area contributed by atoms with Crippen molar-refractivity contribution in [2.24, 2.45) is 7.05 Å². The summed E-state index contributed by atoms with van der Waals surface area (Å²) >= 11 is 0. The zero-order valence-electron chi connectivity index (χ0n) is 14.5. The van der Waals surface area contributed by atoms with Crippen LogP contribution in [0.2, 0.25) is 0 Å².